The zero-order valence-corrected chi connectivity index (χ0v) is 24.6. The van der Waals surface area contributed by atoms with Crippen LogP contribution in [0.5, 0.6) is 0 Å². The molecular weight excluding hydrogens is 584 g/mol. The molecule has 0 fully saturated rings. The Morgan fingerprint density at radius 2 is 1.00 bits per heavy atom. The number of hydrogen-bond donors (Lipinski definition) is 4. The average Bonchev–Trinajstić information content (AvgIpc) is 3.62. The molecule has 2 amide bonds. The average molecular weight is 615 g/mol. The molecule has 6 aromatic rings. The summed E-state index contributed by atoms with van der Waals surface area (Å²) < 4.78 is 11.1. The van der Waals surface area contributed by atoms with Gasteiger partial charge in [-0.1, -0.05) is 72.8 Å². The maximum absolute atomic E-state index is 14.8. The van der Waals surface area contributed by atoms with Crippen LogP contribution in [0.1, 0.15) is 22.3 Å². The summed E-state index contributed by atoms with van der Waals surface area (Å²) in [5.41, 5.74) is 17.3. The van der Waals surface area contributed by atoms with Gasteiger partial charge in [0.15, 0.2) is 22.7 Å². The van der Waals surface area contributed by atoms with Gasteiger partial charge in [-0.3, -0.25) is 9.80 Å². The summed E-state index contributed by atoms with van der Waals surface area (Å²) in [5.74, 6) is -0.761. The van der Waals surface area contributed by atoms with Crippen LogP contribution in [-0.4, -0.2) is 36.0 Å². The Morgan fingerprint density at radius 3 is 1.41 bits per heavy atom. The summed E-state index contributed by atoms with van der Waals surface area (Å²) in [4.78, 5) is 26.1. The molecule has 230 valence electrons. The highest BCUT2D eigenvalue weighted by atomic mass is 16.4. The molecule has 4 aromatic carbocycles. The first-order chi connectivity index (χ1) is 22.3. The van der Waals surface area contributed by atoms with Crippen molar-refractivity contribution in [3.8, 4) is 0 Å². The Morgan fingerprint density at radius 1 is 0.587 bits per heavy atom. The van der Waals surface area contributed by atoms with Gasteiger partial charge in [-0.25, -0.2) is 4.79 Å². The quantitative estimate of drug-likeness (QED) is 0.148. The molecule has 46 heavy (non-hydrogen) atoms. The zero-order valence-electron chi connectivity index (χ0n) is 24.6. The van der Waals surface area contributed by atoms with Crippen molar-refractivity contribution < 1.29 is 23.8 Å². The van der Waals surface area contributed by atoms with Gasteiger partial charge in [0.1, 0.15) is 11.0 Å². The number of amides is 2. The number of allylic oxidation sites excluding steroid dienone is 2. The summed E-state index contributed by atoms with van der Waals surface area (Å²) in [6, 6.07) is 29.3. The van der Waals surface area contributed by atoms with Crippen LogP contribution in [-0.2, 0) is 25.9 Å². The van der Waals surface area contributed by atoms with Crippen molar-refractivity contribution in [3.63, 3.8) is 0 Å². The van der Waals surface area contributed by atoms with Crippen LogP contribution in [0.25, 0.3) is 22.2 Å². The van der Waals surface area contributed by atoms with Crippen molar-refractivity contribution in [2.75, 3.05) is 11.5 Å². The Bertz CT molecular complexity index is 1980. The number of aliphatic hydroxyl groups is 2. The minimum atomic E-state index is -0.443. The molecule has 1 aliphatic heterocycles. The Hall–Kier alpha value is -6.23. The molecule has 3 heterocycles. The molecule has 7 rings (SSSR count). The SMILES string of the molecule is Nc1nc2ccc(CN3C(=O)N(Cc4ccc5nc(N)oc5c4)C(Cc4ccccc4)=C(O)C(O)=C3Cc3ccccc3)cc2o1. The van der Waals surface area contributed by atoms with E-state index in [1.54, 1.807) is 24.3 Å². The number of rotatable bonds is 8. The van der Waals surface area contributed by atoms with Gasteiger partial charge in [-0.05, 0) is 46.5 Å². The number of aliphatic hydroxyl groups excluding tert-OH is 2. The highest BCUT2D eigenvalue weighted by Gasteiger charge is 2.36. The molecule has 11 nitrogen and oxygen atoms in total. The van der Waals surface area contributed by atoms with Crippen LogP contribution in [0.4, 0.5) is 16.8 Å². The number of carbonyl (C=O) groups is 1. The second-order valence-corrected chi connectivity index (χ2v) is 11.1. The summed E-state index contributed by atoms with van der Waals surface area (Å²) >= 11 is 0. The van der Waals surface area contributed by atoms with E-state index in [-0.39, 0.29) is 60.9 Å². The number of oxazole rings is 2. The van der Waals surface area contributed by atoms with Gasteiger partial charge in [-0.2, -0.15) is 9.97 Å². The smallest absolute Gasteiger partial charge is 0.329 e. The third-order valence-corrected chi connectivity index (χ3v) is 7.93. The van der Waals surface area contributed by atoms with Crippen molar-refractivity contribution in [2.24, 2.45) is 0 Å². The third kappa shape index (κ3) is 5.57. The fourth-order valence-corrected chi connectivity index (χ4v) is 5.70. The molecule has 2 aromatic heterocycles. The topological polar surface area (TPSA) is 168 Å². The fraction of sp³-hybridized carbons (Fsp3) is 0.114. The molecule has 0 saturated heterocycles. The lowest BCUT2D eigenvalue weighted by molar-refractivity contribution is 0.171. The predicted molar refractivity (Wildman–Crippen MR) is 173 cm³/mol. The number of carbonyl (C=O) groups excluding carboxylic acids is 1. The van der Waals surface area contributed by atoms with E-state index >= 15 is 0 Å². The molecule has 11 heteroatoms. The van der Waals surface area contributed by atoms with Gasteiger partial charge in [0.05, 0.1) is 24.5 Å². The van der Waals surface area contributed by atoms with Crippen LogP contribution in [0.2, 0.25) is 0 Å². The first-order valence-electron chi connectivity index (χ1n) is 14.6. The molecular formula is C35H30N6O5. The lowest BCUT2D eigenvalue weighted by Gasteiger charge is -2.31. The van der Waals surface area contributed by atoms with Gasteiger partial charge >= 0.3 is 6.03 Å². The minimum Gasteiger partial charge on any atom is -0.503 e. The molecule has 0 saturated carbocycles. The lowest BCUT2D eigenvalue weighted by atomic mass is 10.0. The fourth-order valence-electron chi connectivity index (χ4n) is 5.70. The first-order valence-corrected chi connectivity index (χ1v) is 14.6. The van der Waals surface area contributed by atoms with Crippen molar-refractivity contribution in [1.82, 2.24) is 19.8 Å². The van der Waals surface area contributed by atoms with E-state index in [1.165, 1.54) is 9.80 Å². The van der Waals surface area contributed by atoms with Gasteiger partial charge in [0, 0.05) is 12.8 Å². The Labute approximate surface area is 263 Å². The minimum absolute atomic E-state index is 0.0386. The number of nitrogen functional groups attached to an aromatic ring is 2. The van der Waals surface area contributed by atoms with Crippen molar-refractivity contribution in [1.29, 1.82) is 0 Å². The molecule has 6 N–H and O–H groups in total. The Kier molecular flexibility index (Phi) is 7.25. The van der Waals surface area contributed by atoms with E-state index in [0.717, 1.165) is 11.1 Å². The Balaban J connectivity index is 1.35. The summed E-state index contributed by atoms with van der Waals surface area (Å²) in [7, 11) is 0. The van der Waals surface area contributed by atoms with E-state index < -0.39 is 6.03 Å². The molecule has 0 aliphatic carbocycles. The van der Waals surface area contributed by atoms with Crippen LogP contribution in [0.3, 0.4) is 0 Å². The molecule has 1 aliphatic rings. The molecule has 0 bridgehead atoms. The maximum Gasteiger partial charge on any atom is 0.329 e. The second-order valence-electron chi connectivity index (χ2n) is 11.1. The van der Waals surface area contributed by atoms with Crippen molar-refractivity contribution in [3.05, 3.63) is 142 Å². The van der Waals surface area contributed by atoms with E-state index in [9.17, 15) is 15.0 Å². The van der Waals surface area contributed by atoms with Gasteiger partial charge in [0.2, 0.25) is 0 Å². The zero-order chi connectivity index (χ0) is 31.8. The van der Waals surface area contributed by atoms with Crippen molar-refractivity contribution in [2.45, 2.75) is 25.9 Å². The standard InChI is InChI=1S/C35H30N6O5/c36-33-38-25-13-11-23(17-29(25)45-33)19-40-27(15-21-7-3-1-4-8-21)31(42)32(43)28(16-22-9-5-2-6-10-22)41(35(40)44)20-24-12-14-26-30(18-24)46-34(37)39-26/h1-14,17-18,42-43H,15-16,19-20H2,(H2,36,38)(H2,37,39). The monoisotopic (exact) mass is 614 g/mol. The molecule has 0 radical (unpaired) electrons. The number of anilines is 2. The van der Waals surface area contributed by atoms with Gasteiger partial charge in [0.25, 0.3) is 12.0 Å². The highest BCUT2D eigenvalue weighted by molar-refractivity contribution is 5.81. The number of aromatic nitrogens is 2. The molecule has 0 spiro atoms. The number of benzene rings is 4. The summed E-state index contributed by atoms with van der Waals surface area (Å²) in [6.45, 7) is 0.114. The van der Waals surface area contributed by atoms with Gasteiger partial charge in [-0.15, -0.1) is 0 Å². The summed E-state index contributed by atoms with van der Waals surface area (Å²) in [5, 5.41) is 23.5. The van der Waals surface area contributed by atoms with E-state index in [4.69, 9.17) is 20.3 Å². The number of fused-ring (bicyclic) bond motifs is 2. The van der Waals surface area contributed by atoms with Crippen molar-refractivity contribution >= 4 is 40.3 Å². The lowest BCUT2D eigenvalue weighted by Crippen LogP contribution is -2.41. The van der Waals surface area contributed by atoms with Crippen LogP contribution in [0.15, 0.2) is 129 Å². The van der Waals surface area contributed by atoms with Gasteiger partial charge < -0.3 is 30.5 Å². The third-order valence-electron chi connectivity index (χ3n) is 7.93. The number of nitrogens with zero attached hydrogens (tertiary/aromatic N) is 4. The normalized spacial score (nSPS) is 14.1. The number of hydrogen-bond acceptors (Lipinski definition) is 9. The first kappa shape index (κ1) is 28.5. The highest BCUT2D eigenvalue weighted by Crippen LogP contribution is 2.33. The van der Waals surface area contributed by atoms with E-state index in [1.807, 2.05) is 72.8 Å². The van der Waals surface area contributed by atoms with Crippen LogP contribution < -0.4 is 11.5 Å². The predicted octanol–water partition coefficient (Wildman–Crippen LogP) is 6.60. The summed E-state index contributed by atoms with van der Waals surface area (Å²) in [6.07, 6.45) is 0.353. The van der Waals surface area contributed by atoms with Crippen LogP contribution >= 0.6 is 0 Å². The maximum atomic E-state index is 14.8. The van der Waals surface area contributed by atoms with Crippen LogP contribution in [0, 0.1) is 0 Å². The largest absolute Gasteiger partial charge is 0.503 e. The molecule has 0 unspecified atom stereocenters. The van der Waals surface area contributed by atoms with E-state index in [2.05, 4.69) is 9.97 Å². The number of urea groups is 1. The number of nitrogens with two attached hydrogens (primary N) is 2. The second kappa shape index (κ2) is 11.7. The molecule has 0 atom stereocenters. The van der Waals surface area contributed by atoms with E-state index in [0.29, 0.717) is 33.3 Å².